The molecule has 0 aliphatic carbocycles. The van der Waals surface area contributed by atoms with Gasteiger partial charge < -0.3 is 4.74 Å². The summed E-state index contributed by atoms with van der Waals surface area (Å²) in [4.78, 5) is 14.6. The Morgan fingerprint density at radius 2 is 2.20 bits per heavy atom. The standard InChI is InChI=1S/C12H19NO2/c1-8-7-10(14)12-9-3-2-5-13(9)6-4-11(12)15-8/h8-9,11-12H,2-7H2,1H3. The predicted octanol–water partition coefficient (Wildman–Crippen LogP) is 1.22. The van der Waals surface area contributed by atoms with Crippen LogP contribution < -0.4 is 0 Å². The first-order valence-electron chi connectivity index (χ1n) is 6.18. The van der Waals surface area contributed by atoms with E-state index in [4.69, 9.17) is 4.74 Å². The zero-order chi connectivity index (χ0) is 10.4. The molecule has 4 atom stereocenters. The van der Waals surface area contributed by atoms with Gasteiger partial charge in [-0.05, 0) is 32.7 Å². The highest BCUT2D eigenvalue weighted by Crippen LogP contribution is 2.37. The SMILES string of the molecule is CC1CC(=O)C2C(CCN3CCCC23)O1. The average molecular weight is 209 g/mol. The van der Waals surface area contributed by atoms with Crippen LogP contribution in [-0.4, -0.2) is 42.0 Å². The van der Waals surface area contributed by atoms with E-state index in [0.29, 0.717) is 18.2 Å². The largest absolute Gasteiger partial charge is 0.374 e. The minimum Gasteiger partial charge on any atom is -0.374 e. The second-order valence-corrected chi connectivity index (χ2v) is 5.22. The van der Waals surface area contributed by atoms with Crippen LogP contribution in [-0.2, 0) is 9.53 Å². The average Bonchev–Trinajstić information content (AvgIpc) is 2.63. The van der Waals surface area contributed by atoms with Crippen molar-refractivity contribution in [2.75, 3.05) is 13.1 Å². The van der Waals surface area contributed by atoms with E-state index in [2.05, 4.69) is 4.90 Å². The second kappa shape index (κ2) is 3.56. The quantitative estimate of drug-likeness (QED) is 0.600. The number of hydrogen-bond donors (Lipinski definition) is 0. The lowest BCUT2D eigenvalue weighted by atomic mass is 9.79. The van der Waals surface area contributed by atoms with Gasteiger partial charge >= 0.3 is 0 Å². The number of carbonyl (C=O) groups excluding carboxylic acids is 1. The van der Waals surface area contributed by atoms with E-state index in [-0.39, 0.29) is 18.1 Å². The second-order valence-electron chi connectivity index (χ2n) is 5.22. The Kier molecular flexibility index (Phi) is 2.33. The summed E-state index contributed by atoms with van der Waals surface area (Å²) in [6.07, 6.45) is 4.51. The van der Waals surface area contributed by atoms with Crippen molar-refractivity contribution in [2.45, 2.75) is 50.9 Å². The maximum absolute atomic E-state index is 12.1. The maximum atomic E-state index is 12.1. The maximum Gasteiger partial charge on any atom is 0.142 e. The van der Waals surface area contributed by atoms with Crippen molar-refractivity contribution in [2.24, 2.45) is 5.92 Å². The van der Waals surface area contributed by atoms with Crippen LogP contribution in [0.4, 0.5) is 0 Å². The van der Waals surface area contributed by atoms with E-state index < -0.39 is 0 Å². The van der Waals surface area contributed by atoms with Crippen LogP contribution >= 0.6 is 0 Å². The van der Waals surface area contributed by atoms with E-state index in [1.165, 1.54) is 19.4 Å². The lowest BCUT2D eigenvalue weighted by Crippen LogP contribution is -2.55. The Bertz CT molecular complexity index is 279. The third-order valence-corrected chi connectivity index (χ3v) is 4.20. The molecule has 3 saturated heterocycles. The summed E-state index contributed by atoms with van der Waals surface area (Å²) in [6, 6.07) is 0.503. The number of ether oxygens (including phenoxy) is 1. The first kappa shape index (κ1) is 9.79. The molecule has 0 N–H and O–H groups in total. The van der Waals surface area contributed by atoms with Gasteiger partial charge in [-0.15, -0.1) is 0 Å². The zero-order valence-electron chi connectivity index (χ0n) is 9.32. The highest BCUT2D eigenvalue weighted by atomic mass is 16.5. The van der Waals surface area contributed by atoms with Crippen LogP contribution in [0.2, 0.25) is 0 Å². The van der Waals surface area contributed by atoms with Gasteiger partial charge in [0.2, 0.25) is 0 Å². The Hall–Kier alpha value is -0.410. The summed E-state index contributed by atoms with van der Waals surface area (Å²) in [6.45, 7) is 4.34. The number of rotatable bonds is 0. The molecular weight excluding hydrogens is 190 g/mol. The van der Waals surface area contributed by atoms with Crippen molar-refractivity contribution >= 4 is 5.78 Å². The van der Waals surface area contributed by atoms with Crippen molar-refractivity contribution < 1.29 is 9.53 Å². The summed E-state index contributed by atoms with van der Waals surface area (Å²) in [5, 5.41) is 0. The number of hydrogen-bond acceptors (Lipinski definition) is 3. The van der Waals surface area contributed by atoms with E-state index >= 15 is 0 Å². The normalized spacial score (nSPS) is 46.3. The van der Waals surface area contributed by atoms with E-state index in [9.17, 15) is 4.79 Å². The van der Waals surface area contributed by atoms with Gasteiger partial charge in [-0.25, -0.2) is 0 Å². The fraction of sp³-hybridized carbons (Fsp3) is 0.917. The molecule has 3 rings (SSSR count). The van der Waals surface area contributed by atoms with E-state index in [1.54, 1.807) is 0 Å². The molecule has 0 aromatic carbocycles. The van der Waals surface area contributed by atoms with Crippen LogP contribution in [0.25, 0.3) is 0 Å². The molecule has 3 heterocycles. The minimum atomic E-state index is 0.145. The Morgan fingerprint density at radius 3 is 3.07 bits per heavy atom. The Labute approximate surface area is 90.8 Å². The molecule has 0 aromatic rings. The monoisotopic (exact) mass is 209 g/mol. The fourth-order valence-electron chi connectivity index (χ4n) is 3.60. The van der Waals surface area contributed by atoms with Crippen LogP contribution in [0.15, 0.2) is 0 Å². The molecular formula is C12H19NO2. The molecule has 0 spiro atoms. The summed E-state index contributed by atoms with van der Waals surface area (Å²) >= 11 is 0. The topological polar surface area (TPSA) is 29.5 Å². The third kappa shape index (κ3) is 1.53. The van der Waals surface area contributed by atoms with Crippen LogP contribution in [0.3, 0.4) is 0 Å². The minimum absolute atomic E-state index is 0.145. The number of nitrogens with zero attached hydrogens (tertiary/aromatic N) is 1. The van der Waals surface area contributed by atoms with Gasteiger partial charge in [-0.2, -0.15) is 0 Å². The molecule has 0 saturated carbocycles. The molecule has 3 aliphatic heterocycles. The van der Waals surface area contributed by atoms with Gasteiger partial charge in [-0.3, -0.25) is 9.69 Å². The van der Waals surface area contributed by atoms with Crippen molar-refractivity contribution in [1.82, 2.24) is 4.90 Å². The van der Waals surface area contributed by atoms with Crippen molar-refractivity contribution in [1.29, 1.82) is 0 Å². The molecule has 3 nitrogen and oxygen atoms in total. The van der Waals surface area contributed by atoms with Gasteiger partial charge in [-0.1, -0.05) is 0 Å². The Morgan fingerprint density at radius 1 is 1.33 bits per heavy atom. The first-order valence-corrected chi connectivity index (χ1v) is 6.18. The van der Waals surface area contributed by atoms with Gasteiger partial charge in [0.15, 0.2) is 0 Å². The Balaban J connectivity index is 1.83. The molecule has 0 bridgehead atoms. The smallest absolute Gasteiger partial charge is 0.142 e. The number of carbonyl (C=O) groups is 1. The first-order chi connectivity index (χ1) is 7.25. The molecule has 3 aliphatic rings. The molecule has 0 radical (unpaired) electrons. The summed E-state index contributed by atoms with van der Waals surface area (Å²) in [5.74, 6) is 0.646. The highest BCUT2D eigenvalue weighted by molar-refractivity contribution is 5.83. The van der Waals surface area contributed by atoms with Gasteiger partial charge in [0.25, 0.3) is 0 Å². The number of ketones is 1. The van der Waals surface area contributed by atoms with E-state index in [0.717, 1.165) is 13.0 Å². The molecule has 3 fully saturated rings. The van der Waals surface area contributed by atoms with Gasteiger partial charge in [0.1, 0.15) is 5.78 Å². The molecule has 3 heteroatoms. The summed E-state index contributed by atoms with van der Waals surface area (Å²) in [7, 11) is 0. The number of fused-ring (bicyclic) bond motifs is 3. The van der Waals surface area contributed by atoms with Crippen molar-refractivity contribution in [3.05, 3.63) is 0 Å². The number of piperidine rings is 1. The molecule has 0 amide bonds. The van der Waals surface area contributed by atoms with Crippen LogP contribution in [0, 0.1) is 5.92 Å². The lowest BCUT2D eigenvalue weighted by molar-refractivity contribution is -0.156. The molecule has 84 valence electrons. The van der Waals surface area contributed by atoms with Crippen LogP contribution in [0.1, 0.15) is 32.6 Å². The summed E-state index contributed by atoms with van der Waals surface area (Å²) < 4.78 is 5.92. The molecule has 15 heavy (non-hydrogen) atoms. The molecule has 0 aromatic heterocycles. The lowest BCUT2D eigenvalue weighted by Gasteiger charge is -2.45. The fourth-order valence-corrected chi connectivity index (χ4v) is 3.60. The van der Waals surface area contributed by atoms with E-state index in [1.807, 2.05) is 6.92 Å². The third-order valence-electron chi connectivity index (χ3n) is 4.20. The highest BCUT2D eigenvalue weighted by Gasteiger charge is 2.47. The van der Waals surface area contributed by atoms with Crippen LogP contribution in [0.5, 0.6) is 0 Å². The van der Waals surface area contributed by atoms with Crippen molar-refractivity contribution in [3.8, 4) is 0 Å². The van der Waals surface area contributed by atoms with Crippen molar-refractivity contribution in [3.63, 3.8) is 0 Å². The van der Waals surface area contributed by atoms with Gasteiger partial charge in [0.05, 0.1) is 18.1 Å². The predicted molar refractivity (Wildman–Crippen MR) is 56.7 cm³/mol. The van der Waals surface area contributed by atoms with Gasteiger partial charge in [0, 0.05) is 19.0 Å². The summed E-state index contributed by atoms with van der Waals surface area (Å²) in [5.41, 5.74) is 0. The zero-order valence-corrected chi connectivity index (χ0v) is 9.32. The molecule has 4 unspecified atom stereocenters. The number of Topliss-reactive ketones (excluding diaryl/α,β-unsaturated/α-hetero) is 1.